The zero-order valence-electron chi connectivity index (χ0n) is 9.30. The van der Waals surface area contributed by atoms with E-state index in [2.05, 4.69) is 10.4 Å². The van der Waals surface area contributed by atoms with Crippen molar-refractivity contribution >= 4 is 17.3 Å². The maximum absolute atomic E-state index is 12.2. The molecule has 1 aromatic rings. The summed E-state index contributed by atoms with van der Waals surface area (Å²) in [7, 11) is 0. The van der Waals surface area contributed by atoms with Gasteiger partial charge >= 0.3 is 6.18 Å². The molecule has 0 radical (unpaired) electrons. The van der Waals surface area contributed by atoms with E-state index >= 15 is 0 Å². The summed E-state index contributed by atoms with van der Waals surface area (Å²) in [6.07, 6.45) is -0.325. The van der Waals surface area contributed by atoms with E-state index in [0.29, 0.717) is 10.4 Å². The van der Waals surface area contributed by atoms with E-state index in [1.165, 1.54) is 0 Å². The first-order valence-corrected chi connectivity index (χ1v) is 5.83. The number of hydrogen-bond donors (Lipinski definition) is 1. The molecule has 0 bridgehead atoms. The Kier molecular flexibility index (Phi) is 3.52. The summed E-state index contributed by atoms with van der Waals surface area (Å²) in [4.78, 5) is 11.6. The third-order valence-corrected chi connectivity index (χ3v) is 3.14. The van der Waals surface area contributed by atoms with Gasteiger partial charge in [0.05, 0.1) is 11.9 Å². The Morgan fingerprint density at radius 2 is 2.17 bits per heavy atom. The summed E-state index contributed by atoms with van der Waals surface area (Å²) >= 11 is 5.75. The number of anilines is 1. The van der Waals surface area contributed by atoms with Crippen molar-refractivity contribution in [1.29, 1.82) is 0 Å². The number of nitrogens with zero attached hydrogens (tertiary/aromatic N) is 2. The molecule has 0 unspecified atom stereocenters. The summed E-state index contributed by atoms with van der Waals surface area (Å²) in [5.74, 6) is 0. The van der Waals surface area contributed by atoms with E-state index in [1.807, 2.05) is 0 Å². The van der Waals surface area contributed by atoms with Gasteiger partial charge in [0.1, 0.15) is 11.6 Å². The maximum Gasteiger partial charge on any atom is 0.408 e. The molecule has 1 aliphatic carbocycles. The van der Waals surface area contributed by atoms with Crippen LogP contribution in [0.1, 0.15) is 19.3 Å². The van der Waals surface area contributed by atoms with Crippen molar-refractivity contribution in [3.8, 4) is 0 Å². The number of nitrogens with one attached hydrogen (secondary N) is 1. The van der Waals surface area contributed by atoms with E-state index in [4.69, 9.17) is 11.6 Å². The van der Waals surface area contributed by atoms with E-state index < -0.39 is 18.3 Å². The van der Waals surface area contributed by atoms with E-state index in [0.717, 1.165) is 25.5 Å². The zero-order chi connectivity index (χ0) is 13.3. The van der Waals surface area contributed by atoms with Crippen molar-refractivity contribution in [3.05, 3.63) is 21.6 Å². The second-order valence-corrected chi connectivity index (χ2v) is 4.60. The van der Waals surface area contributed by atoms with Crippen molar-refractivity contribution in [2.24, 2.45) is 0 Å². The fourth-order valence-corrected chi connectivity index (χ4v) is 1.82. The molecule has 18 heavy (non-hydrogen) atoms. The SMILES string of the molecule is O=c1c(Cl)c(NC2CCC2)cnn1CC(F)(F)F. The number of alkyl halides is 3. The Morgan fingerprint density at radius 3 is 2.67 bits per heavy atom. The first-order chi connectivity index (χ1) is 8.37. The minimum Gasteiger partial charge on any atom is -0.380 e. The number of hydrogen-bond acceptors (Lipinski definition) is 3. The van der Waals surface area contributed by atoms with E-state index in [-0.39, 0.29) is 11.1 Å². The van der Waals surface area contributed by atoms with Gasteiger partial charge in [-0.3, -0.25) is 4.79 Å². The molecule has 8 heteroatoms. The van der Waals surface area contributed by atoms with Crippen LogP contribution in [0, 0.1) is 0 Å². The number of rotatable bonds is 3. The highest BCUT2D eigenvalue weighted by Crippen LogP contribution is 2.25. The third kappa shape index (κ3) is 2.95. The molecule has 1 aliphatic rings. The molecule has 2 rings (SSSR count). The van der Waals surface area contributed by atoms with Crippen molar-refractivity contribution < 1.29 is 13.2 Å². The molecule has 1 N–H and O–H groups in total. The fourth-order valence-electron chi connectivity index (χ4n) is 1.62. The van der Waals surface area contributed by atoms with Gasteiger partial charge in [0.25, 0.3) is 5.56 Å². The minimum atomic E-state index is -4.50. The molecule has 1 fully saturated rings. The maximum atomic E-state index is 12.2. The Labute approximate surface area is 106 Å². The molecule has 0 saturated heterocycles. The van der Waals surface area contributed by atoms with Gasteiger partial charge in [-0.25, -0.2) is 4.68 Å². The lowest BCUT2D eigenvalue weighted by Crippen LogP contribution is -2.33. The van der Waals surface area contributed by atoms with Crippen molar-refractivity contribution in [3.63, 3.8) is 0 Å². The molecule has 1 aromatic heterocycles. The van der Waals surface area contributed by atoms with Crippen LogP contribution in [0.25, 0.3) is 0 Å². The van der Waals surface area contributed by atoms with Crippen LogP contribution in [0.15, 0.2) is 11.0 Å². The van der Waals surface area contributed by atoms with Gasteiger partial charge in [0.15, 0.2) is 0 Å². The molecule has 4 nitrogen and oxygen atoms in total. The molecule has 1 heterocycles. The summed E-state index contributed by atoms with van der Waals surface area (Å²) in [6.45, 7) is -1.44. The van der Waals surface area contributed by atoms with Crippen LogP contribution in [-0.4, -0.2) is 22.0 Å². The predicted molar refractivity (Wildman–Crippen MR) is 60.8 cm³/mol. The van der Waals surface area contributed by atoms with Crippen molar-refractivity contribution in [1.82, 2.24) is 9.78 Å². The predicted octanol–water partition coefficient (Wildman–Crippen LogP) is 2.42. The molecule has 1 saturated carbocycles. The van der Waals surface area contributed by atoms with Gasteiger partial charge < -0.3 is 5.32 Å². The van der Waals surface area contributed by atoms with Crippen molar-refractivity contribution in [2.75, 3.05) is 5.32 Å². The highest BCUT2D eigenvalue weighted by molar-refractivity contribution is 6.32. The molecular weight excluding hydrogens is 271 g/mol. The van der Waals surface area contributed by atoms with Crippen molar-refractivity contribution in [2.45, 2.75) is 38.0 Å². The van der Waals surface area contributed by atoms with Crippen LogP contribution in [0.2, 0.25) is 5.02 Å². The number of aromatic nitrogens is 2. The Morgan fingerprint density at radius 1 is 1.50 bits per heavy atom. The van der Waals surface area contributed by atoms with Gasteiger partial charge in [0, 0.05) is 6.04 Å². The first kappa shape index (κ1) is 13.2. The highest BCUT2D eigenvalue weighted by Gasteiger charge is 2.30. The Bertz CT molecular complexity index is 496. The molecule has 0 aromatic carbocycles. The molecule has 0 atom stereocenters. The minimum absolute atomic E-state index is 0.224. The second kappa shape index (κ2) is 4.79. The summed E-state index contributed by atoms with van der Waals surface area (Å²) in [6, 6.07) is 0.224. The van der Waals surface area contributed by atoms with Gasteiger partial charge in [-0.1, -0.05) is 11.6 Å². The van der Waals surface area contributed by atoms with E-state index in [9.17, 15) is 18.0 Å². The topological polar surface area (TPSA) is 46.9 Å². The lowest BCUT2D eigenvalue weighted by molar-refractivity contribution is -0.143. The molecule has 0 spiro atoms. The lowest BCUT2D eigenvalue weighted by atomic mass is 9.93. The van der Waals surface area contributed by atoms with Gasteiger partial charge in [0.2, 0.25) is 0 Å². The largest absolute Gasteiger partial charge is 0.408 e. The quantitative estimate of drug-likeness (QED) is 0.925. The average Bonchev–Trinajstić information content (AvgIpc) is 2.19. The van der Waals surface area contributed by atoms with E-state index in [1.54, 1.807) is 0 Å². The van der Waals surface area contributed by atoms with Crippen LogP contribution in [0.3, 0.4) is 0 Å². The van der Waals surface area contributed by atoms with Crippen LogP contribution < -0.4 is 10.9 Å². The summed E-state index contributed by atoms with van der Waals surface area (Å²) < 4.78 is 36.8. The number of halogens is 4. The van der Waals surface area contributed by atoms with Gasteiger partial charge in [-0.2, -0.15) is 18.3 Å². The molecule has 0 amide bonds. The standard InChI is InChI=1S/C10H11ClF3N3O/c11-8-7(16-6-2-1-3-6)4-15-17(9(8)18)5-10(12,13)14/h4,6,16H,1-3,5H2. The van der Waals surface area contributed by atoms with Gasteiger partial charge in [-0.05, 0) is 19.3 Å². The smallest absolute Gasteiger partial charge is 0.380 e. The van der Waals surface area contributed by atoms with Crippen LogP contribution in [0.5, 0.6) is 0 Å². The normalized spacial score (nSPS) is 16.4. The Balaban J connectivity index is 2.20. The van der Waals surface area contributed by atoms with Gasteiger partial charge in [-0.15, -0.1) is 0 Å². The monoisotopic (exact) mass is 281 g/mol. The van der Waals surface area contributed by atoms with Crippen LogP contribution in [-0.2, 0) is 6.54 Å². The first-order valence-electron chi connectivity index (χ1n) is 5.46. The molecular formula is C10H11ClF3N3O. The molecule has 0 aliphatic heterocycles. The zero-order valence-corrected chi connectivity index (χ0v) is 10.1. The van der Waals surface area contributed by atoms with Crippen LogP contribution >= 0.6 is 11.6 Å². The Hall–Kier alpha value is -1.24. The third-order valence-electron chi connectivity index (χ3n) is 2.78. The lowest BCUT2D eigenvalue weighted by Gasteiger charge is -2.27. The summed E-state index contributed by atoms with van der Waals surface area (Å²) in [5, 5.41) is 6.21. The highest BCUT2D eigenvalue weighted by atomic mass is 35.5. The second-order valence-electron chi connectivity index (χ2n) is 4.22. The van der Waals surface area contributed by atoms with Crippen LogP contribution in [0.4, 0.5) is 18.9 Å². The summed E-state index contributed by atoms with van der Waals surface area (Å²) in [5.41, 5.74) is -0.636. The average molecular weight is 282 g/mol. The molecule has 100 valence electrons. The fraction of sp³-hybridized carbons (Fsp3) is 0.600.